The number of aliphatic imine (C=N–C) groups is 1. The number of nitrogens with two attached hydrogens (primary N) is 1. The highest BCUT2D eigenvalue weighted by Gasteiger charge is 2.38. The number of carbonyl (C=O) groups excluding carboxylic acids is 1. The predicted octanol–water partition coefficient (Wildman–Crippen LogP) is 0.561. The zero-order valence-electron chi connectivity index (χ0n) is 7.77. The molecule has 15 heavy (non-hydrogen) atoms. The lowest BCUT2D eigenvalue weighted by molar-refractivity contribution is 0.231. The van der Waals surface area contributed by atoms with E-state index in [0.29, 0.717) is 11.8 Å². The summed E-state index contributed by atoms with van der Waals surface area (Å²) >= 11 is 0. The highest BCUT2D eigenvalue weighted by molar-refractivity contribution is 6.05. The summed E-state index contributed by atoms with van der Waals surface area (Å²) in [5.41, 5.74) is 7.05. The molecular weight excluding hydrogens is 192 g/mol. The van der Waals surface area contributed by atoms with E-state index in [0.717, 1.165) is 11.3 Å². The molecule has 4 rings (SSSR count). The minimum Gasteiger partial charge on any atom is -0.351 e. The van der Waals surface area contributed by atoms with E-state index in [-0.39, 0.29) is 0 Å². The molecule has 3 heterocycles. The summed E-state index contributed by atoms with van der Waals surface area (Å²) in [6, 6.07) is -0.514. The largest absolute Gasteiger partial charge is 0.351 e. The Morgan fingerprint density at radius 2 is 2.27 bits per heavy atom. The molecule has 3 aliphatic heterocycles. The number of carbonyl (C=O) groups is 1. The third kappa shape index (κ3) is 0.969. The molecule has 74 valence electrons. The standard InChI is InChI=1S/C10H8N4O/c11-9(15)14-8-6-4-2-1-3-5-7(6)12-10(14)13-8/h1-5H,(H2,11,15)(H,12,13). The average molecular weight is 200 g/mol. The summed E-state index contributed by atoms with van der Waals surface area (Å²) in [5, 5.41) is 3.03. The Kier molecular flexibility index (Phi) is 1.39. The van der Waals surface area contributed by atoms with E-state index in [1.165, 1.54) is 4.90 Å². The van der Waals surface area contributed by atoms with Crippen LogP contribution in [0.2, 0.25) is 0 Å². The van der Waals surface area contributed by atoms with Crippen molar-refractivity contribution in [2.75, 3.05) is 0 Å². The minimum absolute atomic E-state index is 0.496. The van der Waals surface area contributed by atoms with Crippen LogP contribution in [0.25, 0.3) is 0 Å². The number of hydrogen-bond donors (Lipinski definition) is 2. The first-order valence-corrected chi connectivity index (χ1v) is 4.52. The van der Waals surface area contributed by atoms with Crippen LogP contribution in [-0.2, 0) is 0 Å². The second kappa shape index (κ2) is 2.60. The van der Waals surface area contributed by atoms with Gasteiger partial charge in [-0.2, -0.15) is 4.99 Å². The van der Waals surface area contributed by atoms with Gasteiger partial charge in [0.1, 0.15) is 0 Å². The molecule has 0 aromatic rings. The van der Waals surface area contributed by atoms with Gasteiger partial charge in [-0.3, -0.25) is 0 Å². The van der Waals surface area contributed by atoms with Gasteiger partial charge >= 0.3 is 6.03 Å². The van der Waals surface area contributed by atoms with Crippen LogP contribution in [-0.4, -0.2) is 16.9 Å². The number of primary amides is 1. The lowest BCUT2D eigenvalue weighted by atomic mass is 10.1. The molecule has 0 saturated heterocycles. The summed E-state index contributed by atoms with van der Waals surface area (Å²) in [7, 11) is 0. The molecule has 0 aromatic heterocycles. The lowest BCUT2D eigenvalue weighted by Gasteiger charge is -2.37. The molecule has 1 aliphatic carbocycles. The fraction of sp³-hybridized carbons (Fsp3) is 0. The zero-order valence-corrected chi connectivity index (χ0v) is 7.77. The van der Waals surface area contributed by atoms with Crippen LogP contribution in [0.5, 0.6) is 0 Å². The van der Waals surface area contributed by atoms with Crippen LogP contribution in [0, 0.1) is 0 Å². The minimum atomic E-state index is -0.514. The van der Waals surface area contributed by atoms with Gasteiger partial charge in [-0.1, -0.05) is 18.2 Å². The van der Waals surface area contributed by atoms with Gasteiger partial charge in [-0.25, -0.2) is 9.69 Å². The van der Waals surface area contributed by atoms with E-state index in [2.05, 4.69) is 10.3 Å². The van der Waals surface area contributed by atoms with Crippen molar-refractivity contribution in [2.45, 2.75) is 0 Å². The number of rotatable bonds is 0. The van der Waals surface area contributed by atoms with Gasteiger partial charge in [0.2, 0.25) is 5.96 Å². The molecule has 5 nitrogen and oxygen atoms in total. The normalized spacial score (nSPS) is 20.9. The molecule has 0 fully saturated rings. The summed E-state index contributed by atoms with van der Waals surface area (Å²) in [6.45, 7) is 0. The van der Waals surface area contributed by atoms with Gasteiger partial charge in [0, 0.05) is 5.57 Å². The SMILES string of the molecule is NC(=O)N1C2=NC1=C1C=CC=CC=C1N2. The van der Waals surface area contributed by atoms with Gasteiger partial charge < -0.3 is 11.1 Å². The van der Waals surface area contributed by atoms with Gasteiger partial charge in [0.15, 0.2) is 5.82 Å². The topological polar surface area (TPSA) is 70.7 Å². The number of urea groups is 1. The van der Waals surface area contributed by atoms with E-state index in [4.69, 9.17) is 5.73 Å². The summed E-state index contributed by atoms with van der Waals surface area (Å²) in [5.74, 6) is 1.11. The monoisotopic (exact) mass is 200 g/mol. The molecule has 0 radical (unpaired) electrons. The second-order valence-corrected chi connectivity index (χ2v) is 3.30. The smallest absolute Gasteiger partial charge is 0.327 e. The third-order valence-electron chi connectivity index (χ3n) is 2.38. The van der Waals surface area contributed by atoms with Gasteiger partial charge in [0.05, 0.1) is 5.70 Å². The Hall–Kier alpha value is -2.30. The van der Waals surface area contributed by atoms with Crippen LogP contribution in [0.15, 0.2) is 52.5 Å². The molecule has 0 saturated carbocycles. The zero-order chi connectivity index (χ0) is 10.4. The maximum atomic E-state index is 11.1. The molecule has 2 bridgehead atoms. The van der Waals surface area contributed by atoms with Gasteiger partial charge in [-0.05, 0) is 12.2 Å². The molecule has 4 aliphatic rings. The number of nitrogens with one attached hydrogen (secondary N) is 1. The number of guanidine groups is 1. The molecular formula is C10H8N4O. The first-order valence-electron chi connectivity index (χ1n) is 4.52. The quantitative estimate of drug-likeness (QED) is 0.599. The molecule has 0 spiro atoms. The fourth-order valence-corrected chi connectivity index (χ4v) is 1.70. The van der Waals surface area contributed by atoms with E-state index in [1.54, 1.807) is 0 Å². The highest BCUT2D eigenvalue weighted by Crippen LogP contribution is 2.31. The van der Waals surface area contributed by atoms with Crippen molar-refractivity contribution >= 4 is 12.0 Å². The maximum absolute atomic E-state index is 11.1. The van der Waals surface area contributed by atoms with Crippen molar-refractivity contribution in [2.24, 2.45) is 10.7 Å². The summed E-state index contributed by atoms with van der Waals surface area (Å²) in [6.07, 6.45) is 9.56. The van der Waals surface area contributed by atoms with Crippen molar-refractivity contribution in [3.05, 3.63) is 47.5 Å². The van der Waals surface area contributed by atoms with Crippen LogP contribution in [0.3, 0.4) is 0 Å². The van der Waals surface area contributed by atoms with Crippen molar-refractivity contribution in [3.63, 3.8) is 0 Å². The Balaban J connectivity index is 2.14. The second-order valence-electron chi connectivity index (χ2n) is 3.30. The van der Waals surface area contributed by atoms with E-state index < -0.39 is 6.03 Å². The Labute approximate surface area is 86.0 Å². The van der Waals surface area contributed by atoms with Crippen LogP contribution < -0.4 is 11.1 Å². The number of hydrogen-bond acceptors (Lipinski definition) is 3. The van der Waals surface area contributed by atoms with E-state index in [9.17, 15) is 4.79 Å². The molecule has 0 atom stereocenters. The lowest BCUT2D eigenvalue weighted by Crippen LogP contribution is -2.55. The predicted molar refractivity (Wildman–Crippen MR) is 55.4 cm³/mol. The van der Waals surface area contributed by atoms with Crippen molar-refractivity contribution in [3.8, 4) is 0 Å². The third-order valence-corrected chi connectivity index (χ3v) is 2.38. The Morgan fingerprint density at radius 3 is 3.07 bits per heavy atom. The number of amides is 2. The number of allylic oxidation sites excluding steroid dienone is 5. The van der Waals surface area contributed by atoms with Crippen LogP contribution >= 0.6 is 0 Å². The van der Waals surface area contributed by atoms with E-state index in [1.807, 2.05) is 30.4 Å². The molecule has 5 heteroatoms. The van der Waals surface area contributed by atoms with Crippen LogP contribution in [0.4, 0.5) is 4.79 Å². The Morgan fingerprint density at radius 1 is 1.40 bits per heavy atom. The molecule has 2 amide bonds. The first kappa shape index (κ1) is 8.05. The van der Waals surface area contributed by atoms with Gasteiger partial charge in [0.25, 0.3) is 0 Å². The summed E-state index contributed by atoms with van der Waals surface area (Å²) < 4.78 is 0. The molecule has 3 N–H and O–H groups in total. The van der Waals surface area contributed by atoms with Crippen molar-refractivity contribution < 1.29 is 4.79 Å². The fourth-order valence-electron chi connectivity index (χ4n) is 1.70. The average Bonchev–Trinajstić information content (AvgIpc) is 2.39. The first-order chi connectivity index (χ1) is 7.27. The molecule has 0 unspecified atom stereocenters. The van der Waals surface area contributed by atoms with Crippen molar-refractivity contribution in [1.29, 1.82) is 0 Å². The molecule has 0 aromatic carbocycles. The van der Waals surface area contributed by atoms with Crippen molar-refractivity contribution in [1.82, 2.24) is 10.2 Å². The maximum Gasteiger partial charge on any atom is 0.327 e. The highest BCUT2D eigenvalue weighted by atomic mass is 16.2. The van der Waals surface area contributed by atoms with Crippen LogP contribution in [0.1, 0.15) is 0 Å². The Bertz CT molecular complexity index is 508. The van der Waals surface area contributed by atoms with Gasteiger partial charge in [-0.15, -0.1) is 0 Å². The van der Waals surface area contributed by atoms with E-state index >= 15 is 0 Å². The summed E-state index contributed by atoms with van der Waals surface area (Å²) in [4.78, 5) is 16.6. The number of nitrogens with zero attached hydrogens (tertiary/aromatic N) is 2.